The Hall–Kier alpha value is -3.24. The number of nitrogens with zero attached hydrogens (tertiary/aromatic N) is 2. The van der Waals surface area contributed by atoms with Gasteiger partial charge in [-0.3, -0.25) is 9.59 Å². The van der Waals surface area contributed by atoms with Gasteiger partial charge in [0.1, 0.15) is 0 Å². The molecule has 32 heavy (non-hydrogen) atoms. The van der Waals surface area contributed by atoms with Crippen molar-refractivity contribution in [3.05, 3.63) is 58.4 Å². The van der Waals surface area contributed by atoms with Gasteiger partial charge < -0.3 is 15.5 Å². The lowest BCUT2D eigenvalue weighted by molar-refractivity contribution is -0.115. The van der Waals surface area contributed by atoms with Crippen molar-refractivity contribution < 1.29 is 18.0 Å². The number of carbonyl (C=O) groups excluding carboxylic acids is 2. The standard InChI is InChI=1S/C22H24N4O4S2/c1-14-8-9-16(11-19(14)32(4,29)30)24-20(27)12-23-21(28)22-25-18(13-31-22)15-6-5-7-17(10-15)26(2)3/h5-11,13H,12H2,1-4H3,(H,23,28)(H,24,27). The number of benzene rings is 2. The summed E-state index contributed by atoms with van der Waals surface area (Å²) in [5, 5.41) is 7.18. The SMILES string of the molecule is Cc1ccc(NC(=O)CNC(=O)c2nc(-c3cccc(N(C)C)c3)cs2)cc1S(C)(=O)=O. The van der Waals surface area contributed by atoms with Gasteiger partial charge in [-0.25, -0.2) is 13.4 Å². The van der Waals surface area contributed by atoms with Crippen LogP contribution in [0.15, 0.2) is 52.7 Å². The summed E-state index contributed by atoms with van der Waals surface area (Å²) in [5.41, 5.74) is 3.53. The molecule has 0 fully saturated rings. The van der Waals surface area contributed by atoms with Crippen molar-refractivity contribution in [1.29, 1.82) is 0 Å². The molecule has 0 aliphatic carbocycles. The molecular formula is C22H24N4O4S2. The summed E-state index contributed by atoms with van der Waals surface area (Å²) in [7, 11) is 0.482. The van der Waals surface area contributed by atoms with Crippen molar-refractivity contribution >= 4 is 44.4 Å². The minimum absolute atomic E-state index is 0.146. The minimum Gasteiger partial charge on any atom is -0.378 e. The van der Waals surface area contributed by atoms with Gasteiger partial charge in [-0.05, 0) is 36.8 Å². The second-order valence-corrected chi connectivity index (χ2v) is 10.3. The molecule has 0 saturated carbocycles. The third-order valence-corrected chi connectivity index (χ3v) is 6.72. The Labute approximate surface area is 191 Å². The van der Waals surface area contributed by atoms with Crippen LogP contribution in [-0.4, -0.2) is 52.1 Å². The predicted octanol–water partition coefficient (Wildman–Crippen LogP) is 2.96. The van der Waals surface area contributed by atoms with Crippen LogP contribution in [-0.2, 0) is 14.6 Å². The number of carbonyl (C=O) groups is 2. The van der Waals surface area contributed by atoms with E-state index in [1.165, 1.54) is 17.4 Å². The number of anilines is 2. The molecule has 0 aliphatic heterocycles. The maximum atomic E-state index is 12.4. The zero-order chi connectivity index (χ0) is 23.5. The summed E-state index contributed by atoms with van der Waals surface area (Å²) in [6.45, 7) is 1.41. The first-order valence-electron chi connectivity index (χ1n) is 9.66. The average Bonchev–Trinajstić information content (AvgIpc) is 3.23. The molecular weight excluding hydrogens is 448 g/mol. The van der Waals surface area contributed by atoms with Gasteiger partial charge >= 0.3 is 0 Å². The summed E-state index contributed by atoms with van der Waals surface area (Å²) in [4.78, 5) is 31.2. The van der Waals surface area contributed by atoms with Gasteiger partial charge in [0.05, 0.1) is 17.1 Å². The van der Waals surface area contributed by atoms with Gasteiger partial charge in [-0.1, -0.05) is 18.2 Å². The number of aromatic nitrogens is 1. The molecule has 0 aliphatic rings. The fourth-order valence-corrected chi connectivity index (χ4v) is 4.71. The molecule has 0 unspecified atom stereocenters. The second-order valence-electron chi connectivity index (χ2n) is 7.47. The summed E-state index contributed by atoms with van der Waals surface area (Å²) < 4.78 is 23.7. The highest BCUT2D eigenvalue weighted by Gasteiger charge is 2.15. The number of hydrogen-bond acceptors (Lipinski definition) is 7. The van der Waals surface area contributed by atoms with Crippen molar-refractivity contribution in [2.45, 2.75) is 11.8 Å². The molecule has 8 nitrogen and oxygen atoms in total. The minimum atomic E-state index is -3.41. The molecule has 0 saturated heterocycles. The highest BCUT2D eigenvalue weighted by Crippen LogP contribution is 2.25. The van der Waals surface area contributed by atoms with Crippen molar-refractivity contribution in [1.82, 2.24) is 10.3 Å². The number of aryl methyl sites for hydroxylation is 1. The molecule has 2 aromatic carbocycles. The van der Waals surface area contributed by atoms with E-state index in [-0.39, 0.29) is 16.4 Å². The van der Waals surface area contributed by atoms with Gasteiger partial charge in [0, 0.05) is 42.7 Å². The van der Waals surface area contributed by atoms with Crippen molar-refractivity contribution in [3.63, 3.8) is 0 Å². The molecule has 2 amide bonds. The highest BCUT2D eigenvalue weighted by atomic mass is 32.2. The normalized spacial score (nSPS) is 11.1. The lowest BCUT2D eigenvalue weighted by Gasteiger charge is -2.12. The first-order chi connectivity index (χ1) is 15.0. The van der Waals surface area contributed by atoms with Crippen LogP contribution in [0.5, 0.6) is 0 Å². The Morgan fingerprint density at radius 3 is 2.56 bits per heavy atom. The molecule has 0 spiro atoms. The van der Waals surface area contributed by atoms with E-state index in [0.29, 0.717) is 16.9 Å². The third-order valence-electron chi connectivity index (χ3n) is 4.64. The number of hydrogen-bond donors (Lipinski definition) is 2. The van der Waals surface area contributed by atoms with E-state index in [1.807, 2.05) is 43.3 Å². The largest absolute Gasteiger partial charge is 0.378 e. The van der Waals surface area contributed by atoms with E-state index >= 15 is 0 Å². The fourth-order valence-electron chi connectivity index (χ4n) is 2.97. The van der Waals surface area contributed by atoms with Crippen molar-refractivity contribution in [2.24, 2.45) is 0 Å². The van der Waals surface area contributed by atoms with Crippen LogP contribution in [0, 0.1) is 6.92 Å². The average molecular weight is 473 g/mol. The van der Waals surface area contributed by atoms with Crippen LogP contribution in [0.2, 0.25) is 0 Å². The van der Waals surface area contributed by atoms with Gasteiger partial charge in [0.25, 0.3) is 5.91 Å². The highest BCUT2D eigenvalue weighted by molar-refractivity contribution is 7.90. The van der Waals surface area contributed by atoms with Crippen LogP contribution in [0.3, 0.4) is 0 Å². The first-order valence-corrected chi connectivity index (χ1v) is 12.4. The molecule has 0 bridgehead atoms. The number of sulfone groups is 1. The van der Waals surface area contributed by atoms with E-state index in [2.05, 4.69) is 15.6 Å². The molecule has 0 radical (unpaired) electrons. The smallest absolute Gasteiger partial charge is 0.280 e. The predicted molar refractivity (Wildman–Crippen MR) is 127 cm³/mol. The van der Waals surface area contributed by atoms with Crippen molar-refractivity contribution in [2.75, 3.05) is 37.1 Å². The lowest BCUT2D eigenvalue weighted by Crippen LogP contribution is -2.32. The molecule has 3 aromatic rings. The molecule has 1 aromatic heterocycles. The van der Waals surface area contributed by atoms with Gasteiger partial charge in [0.2, 0.25) is 5.91 Å². The monoisotopic (exact) mass is 472 g/mol. The molecule has 10 heteroatoms. The number of thiazole rings is 1. The quantitative estimate of drug-likeness (QED) is 0.547. The van der Waals surface area contributed by atoms with Crippen LogP contribution >= 0.6 is 11.3 Å². The summed E-state index contributed by atoms with van der Waals surface area (Å²) in [5.74, 6) is -0.932. The van der Waals surface area contributed by atoms with Crippen LogP contribution in [0.4, 0.5) is 11.4 Å². The Bertz CT molecular complexity index is 1270. The molecule has 2 N–H and O–H groups in total. The molecule has 0 atom stereocenters. The van der Waals surface area contributed by atoms with Crippen LogP contribution in [0.25, 0.3) is 11.3 Å². The Morgan fingerprint density at radius 1 is 1.12 bits per heavy atom. The maximum Gasteiger partial charge on any atom is 0.280 e. The summed E-state index contributed by atoms with van der Waals surface area (Å²) in [6, 6.07) is 12.4. The zero-order valence-corrected chi connectivity index (χ0v) is 19.8. The first kappa shape index (κ1) is 23.4. The Morgan fingerprint density at radius 2 is 1.88 bits per heavy atom. The summed E-state index contributed by atoms with van der Waals surface area (Å²) in [6.07, 6.45) is 1.11. The third kappa shape index (κ3) is 5.71. The second kappa shape index (κ2) is 9.49. The van der Waals surface area contributed by atoms with Gasteiger partial charge in [-0.2, -0.15) is 0 Å². The Balaban J connectivity index is 1.62. The van der Waals surface area contributed by atoms with Crippen LogP contribution in [0.1, 0.15) is 15.4 Å². The zero-order valence-electron chi connectivity index (χ0n) is 18.2. The fraction of sp³-hybridized carbons (Fsp3) is 0.227. The lowest BCUT2D eigenvalue weighted by atomic mass is 10.1. The maximum absolute atomic E-state index is 12.4. The van der Waals surface area contributed by atoms with E-state index in [9.17, 15) is 18.0 Å². The number of rotatable bonds is 7. The van der Waals surface area contributed by atoms with E-state index in [4.69, 9.17) is 0 Å². The van der Waals surface area contributed by atoms with E-state index < -0.39 is 21.7 Å². The van der Waals surface area contributed by atoms with Crippen LogP contribution < -0.4 is 15.5 Å². The topological polar surface area (TPSA) is 108 Å². The number of amides is 2. The molecule has 3 rings (SSSR count). The van der Waals surface area contributed by atoms with E-state index in [0.717, 1.165) is 17.5 Å². The molecule has 1 heterocycles. The van der Waals surface area contributed by atoms with Crippen molar-refractivity contribution in [3.8, 4) is 11.3 Å². The molecule has 168 valence electrons. The Kier molecular flexibility index (Phi) is 6.95. The number of nitrogens with one attached hydrogen (secondary N) is 2. The van der Waals surface area contributed by atoms with Gasteiger partial charge in [0.15, 0.2) is 14.8 Å². The van der Waals surface area contributed by atoms with Gasteiger partial charge in [-0.15, -0.1) is 11.3 Å². The van der Waals surface area contributed by atoms with E-state index in [1.54, 1.807) is 24.4 Å². The summed E-state index contributed by atoms with van der Waals surface area (Å²) >= 11 is 1.19.